The molecule has 1 aromatic heterocycles. The molecule has 108 valence electrons. The van der Waals surface area contributed by atoms with Crippen LogP contribution in [0.25, 0.3) is 0 Å². The Bertz CT molecular complexity index is 708. The fraction of sp³-hybridized carbons (Fsp3) is 0.250. The molecule has 0 aliphatic rings. The number of anilines is 1. The molecule has 5 nitrogen and oxygen atoms in total. The summed E-state index contributed by atoms with van der Waals surface area (Å²) in [5.74, 6) is 6.05. The van der Waals surface area contributed by atoms with E-state index in [1.54, 1.807) is 26.0 Å². The summed E-state index contributed by atoms with van der Waals surface area (Å²) in [7, 11) is 0. The van der Waals surface area contributed by atoms with E-state index in [1.807, 2.05) is 12.1 Å². The van der Waals surface area contributed by atoms with Crippen molar-refractivity contribution < 1.29 is 14.3 Å². The molecular weight excluding hydrogens is 268 g/mol. The molecule has 0 fully saturated rings. The molecule has 0 aliphatic carbocycles. The van der Waals surface area contributed by atoms with Crippen molar-refractivity contribution in [3.05, 3.63) is 47.2 Å². The Morgan fingerprint density at radius 2 is 2.14 bits per heavy atom. The number of aliphatic hydroxyl groups excluding tert-OH is 1. The zero-order valence-corrected chi connectivity index (χ0v) is 11.9. The van der Waals surface area contributed by atoms with Gasteiger partial charge < -0.3 is 14.8 Å². The van der Waals surface area contributed by atoms with Gasteiger partial charge in [0.25, 0.3) is 5.91 Å². The van der Waals surface area contributed by atoms with E-state index in [9.17, 15) is 4.79 Å². The van der Waals surface area contributed by atoms with Gasteiger partial charge >= 0.3 is 0 Å². The minimum atomic E-state index is -0.357. The van der Waals surface area contributed by atoms with Gasteiger partial charge in [-0.25, -0.2) is 4.98 Å². The normalized spacial score (nSPS) is 9.86. The van der Waals surface area contributed by atoms with E-state index >= 15 is 0 Å². The lowest BCUT2D eigenvalue weighted by molar-refractivity contribution is 0.0994. The van der Waals surface area contributed by atoms with Crippen LogP contribution in [0.2, 0.25) is 0 Å². The Labute approximate surface area is 123 Å². The molecule has 0 aliphatic heterocycles. The molecule has 2 aromatic rings. The topological polar surface area (TPSA) is 75.4 Å². The van der Waals surface area contributed by atoms with Gasteiger partial charge in [-0.15, -0.1) is 0 Å². The predicted molar refractivity (Wildman–Crippen MR) is 79.0 cm³/mol. The van der Waals surface area contributed by atoms with Crippen molar-refractivity contribution in [2.45, 2.75) is 20.3 Å². The summed E-state index contributed by atoms with van der Waals surface area (Å²) in [5, 5.41) is 11.5. The first kappa shape index (κ1) is 14.8. The second-order valence-corrected chi connectivity index (χ2v) is 4.42. The molecule has 5 heteroatoms. The monoisotopic (exact) mass is 284 g/mol. The van der Waals surface area contributed by atoms with Crippen LogP contribution in [-0.4, -0.2) is 22.6 Å². The fourth-order valence-corrected chi connectivity index (χ4v) is 1.84. The molecule has 0 unspecified atom stereocenters. The highest BCUT2D eigenvalue weighted by Crippen LogP contribution is 2.17. The van der Waals surface area contributed by atoms with Crippen LogP contribution in [0.15, 0.2) is 28.7 Å². The largest absolute Gasteiger partial charge is 0.436 e. The summed E-state index contributed by atoms with van der Waals surface area (Å²) >= 11 is 0. The van der Waals surface area contributed by atoms with Crippen LogP contribution < -0.4 is 5.32 Å². The third-order valence-corrected chi connectivity index (χ3v) is 2.74. The Kier molecular flexibility index (Phi) is 4.75. The first-order valence-corrected chi connectivity index (χ1v) is 6.56. The maximum atomic E-state index is 12.2. The summed E-state index contributed by atoms with van der Waals surface area (Å²) in [6.45, 7) is 3.43. The molecule has 0 bridgehead atoms. The van der Waals surface area contributed by atoms with Gasteiger partial charge in [-0.05, 0) is 19.1 Å². The molecule has 0 atom stereocenters. The summed E-state index contributed by atoms with van der Waals surface area (Å²) in [6, 6.07) is 7.21. The van der Waals surface area contributed by atoms with E-state index in [2.05, 4.69) is 22.1 Å². The number of benzene rings is 1. The number of nitrogens with zero attached hydrogens (tertiary/aromatic N) is 1. The standard InChI is InChI=1S/C16H16N2O3/c1-11-15(21-12(2)17-11)16(20)18-14-9-4-3-7-13(14)8-5-6-10-19/h3-4,7,9,19H,6,10H2,1-2H3,(H,18,20). The van der Waals surface area contributed by atoms with Gasteiger partial charge in [0.1, 0.15) is 0 Å². The molecule has 0 saturated heterocycles. The van der Waals surface area contributed by atoms with Gasteiger partial charge in [0, 0.05) is 18.9 Å². The average Bonchev–Trinajstić information content (AvgIpc) is 2.80. The quantitative estimate of drug-likeness (QED) is 0.848. The molecule has 21 heavy (non-hydrogen) atoms. The smallest absolute Gasteiger partial charge is 0.293 e. The number of para-hydroxylation sites is 1. The average molecular weight is 284 g/mol. The molecule has 1 amide bonds. The van der Waals surface area contributed by atoms with Gasteiger partial charge in [-0.2, -0.15) is 0 Å². The zero-order valence-electron chi connectivity index (χ0n) is 11.9. The summed E-state index contributed by atoms with van der Waals surface area (Å²) in [6.07, 6.45) is 0.392. The van der Waals surface area contributed by atoms with Crippen molar-refractivity contribution in [3.63, 3.8) is 0 Å². The van der Waals surface area contributed by atoms with E-state index in [4.69, 9.17) is 9.52 Å². The third kappa shape index (κ3) is 3.71. The van der Waals surface area contributed by atoms with E-state index in [-0.39, 0.29) is 18.3 Å². The van der Waals surface area contributed by atoms with Gasteiger partial charge in [0.2, 0.25) is 5.76 Å². The second-order valence-electron chi connectivity index (χ2n) is 4.42. The number of aliphatic hydroxyl groups is 1. The number of amides is 1. The van der Waals surface area contributed by atoms with Gasteiger partial charge in [0.05, 0.1) is 18.0 Å². The second kappa shape index (κ2) is 6.73. The maximum absolute atomic E-state index is 12.2. The predicted octanol–water partition coefficient (Wildman–Crippen LogP) is 2.28. The number of rotatable bonds is 3. The lowest BCUT2D eigenvalue weighted by atomic mass is 10.1. The van der Waals surface area contributed by atoms with E-state index in [0.717, 1.165) is 0 Å². The molecule has 0 radical (unpaired) electrons. The number of aromatic nitrogens is 1. The van der Waals surface area contributed by atoms with E-state index in [1.165, 1.54) is 0 Å². The van der Waals surface area contributed by atoms with Crippen molar-refractivity contribution in [1.29, 1.82) is 0 Å². The van der Waals surface area contributed by atoms with Gasteiger partial charge in [-0.3, -0.25) is 4.79 Å². The lowest BCUT2D eigenvalue weighted by Gasteiger charge is -2.05. The highest BCUT2D eigenvalue weighted by molar-refractivity contribution is 6.03. The van der Waals surface area contributed by atoms with Crippen molar-refractivity contribution in [2.75, 3.05) is 11.9 Å². The van der Waals surface area contributed by atoms with Crippen LogP contribution in [0.3, 0.4) is 0 Å². The van der Waals surface area contributed by atoms with Crippen LogP contribution >= 0.6 is 0 Å². The Hall–Kier alpha value is -2.58. The van der Waals surface area contributed by atoms with E-state index in [0.29, 0.717) is 29.3 Å². The number of nitrogens with one attached hydrogen (secondary N) is 1. The highest BCUT2D eigenvalue weighted by Gasteiger charge is 2.16. The number of carbonyl (C=O) groups excluding carboxylic acids is 1. The molecule has 2 N–H and O–H groups in total. The lowest BCUT2D eigenvalue weighted by Crippen LogP contribution is -2.13. The molecule has 1 aromatic carbocycles. The third-order valence-electron chi connectivity index (χ3n) is 2.74. The number of hydrogen-bond acceptors (Lipinski definition) is 4. The first-order chi connectivity index (χ1) is 10.1. The number of carbonyl (C=O) groups is 1. The Morgan fingerprint density at radius 3 is 2.81 bits per heavy atom. The van der Waals surface area contributed by atoms with Crippen LogP contribution in [0.5, 0.6) is 0 Å². The SMILES string of the molecule is Cc1nc(C)c(C(=O)Nc2ccccc2C#CCCO)o1. The molecule has 0 spiro atoms. The maximum Gasteiger partial charge on any atom is 0.293 e. The Morgan fingerprint density at radius 1 is 1.38 bits per heavy atom. The molecule has 1 heterocycles. The van der Waals surface area contributed by atoms with Crippen LogP contribution in [-0.2, 0) is 0 Å². The molecule has 2 rings (SSSR count). The van der Waals surface area contributed by atoms with Crippen molar-refractivity contribution >= 4 is 11.6 Å². The first-order valence-electron chi connectivity index (χ1n) is 6.56. The highest BCUT2D eigenvalue weighted by atomic mass is 16.4. The number of hydrogen-bond donors (Lipinski definition) is 2. The summed E-state index contributed by atoms with van der Waals surface area (Å²) in [4.78, 5) is 16.3. The van der Waals surface area contributed by atoms with Crippen molar-refractivity contribution in [1.82, 2.24) is 4.98 Å². The minimum absolute atomic E-state index is 0.0120. The fourth-order valence-electron chi connectivity index (χ4n) is 1.84. The Balaban J connectivity index is 2.22. The van der Waals surface area contributed by atoms with Gasteiger partial charge in [0.15, 0.2) is 5.89 Å². The van der Waals surface area contributed by atoms with Crippen molar-refractivity contribution in [2.24, 2.45) is 0 Å². The number of aryl methyl sites for hydroxylation is 2. The zero-order chi connectivity index (χ0) is 15.2. The summed E-state index contributed by atoms with van der Waals surface area (Å²) < 4.78 is 5.29. The summed E-state index contributed by atoms with van der Waals surface area (Å²) in [5.41, 5.74) is 1.84. The molecular formula is C16H16N2O3. The van der Waals surface area contributed by atoms with Crippen LogP contribution in [0, 0.1) is 25.7 Å². The number of oxazole rings is 1. The van der Waals surface area contributed by atoms with E-state index < -0.39 is 0 Å². The molecule has 0 saturated carbocycles. The van der Waals surface area contributed by atoms with Crippen molar-refractivity contribution in [3.8, 4) is 11.8 Å². The van der Waals surface area contributed by atoms with Crippen LogP contribution in [0.1, 0.15) is 34.1 Å². The minimum Gasteiger partial charge on any atom is -0.436 e. The van der Waals surface area contributed by atoms with Crippen LogP contribution in [0.4, 0.5) is 5.69 Å². The van der Waals surface area contributed by atoms with Gasteiger partial charge in [-0.1, -0.05) is 24.0 Å².